The SMILES string of the molecule is CSCCCCNc1cc(Cl)c(F)cc1[N+](=O)[O-]. The molecule has 100 valence electrons. The number of hydrogen-bond acceptors (Lipinski definition) is 4. The number of nitro benzene ring substituents is 1. The monoisotopic (exact) mass is 292 g/mol. The molecule has 0 atom stereocenters. The Labute approximate surface area is 114 Å². The third-order valence-corrected chi connectivity index (χ3v) is 3.31. The van der Waals surface area contributed by atoms with Gasteiger partial charge in [0.1, 0.15) is 11.5 Å². The average molecular weight is 293 g/mol. The summed E-state index contributed by atoms with van der Waals surface area (Å²) >= 11 is 7.37. The summed E-state index contributed by atoms with van der Waals surface area (Å²) in [6.07, 6.45) is 3.95. The molecule has 1 aromatic rings. The van der Waals surface area contributed by atoms with E-state index in [1.807, 2.05) is 6.26 Å². The third-order valence-electron chi connectivity index (χ3n) is 2.33. The molecule has 1 N–H and O–H groups in total. The van der Waals surface area contributed by atoms with Gasteiger partial charge in [-0.2, -0.15) is 11.8 Å². The van der Waals surface area contributed by atoms with E-state index in [0.717, 1.165) is 24.7 Å². The van der Waals surface area contributed by atoms with Crippen LogP contribution in [0.2, 0.25) is 5.02 Å². The lowest BCUT2D eigenvalue weighted by Gasteiger charge is -2.07. The average Bonchev–Trinajstić information content (AvgIpc) is 2.32. The Morgan fingerprint density at radius 3 is 2.83 bits per heavy atom. The predicted octanol–water partition coefficient (Wildman–Crippen LogP) is 3.94. The maximum atomic E-state index is 13.1. The van der Waals surface area contributed by atoms with E-state index in [4.69, 9.17) is 11.6 Å². The summed E-state index contributed by atoms with van der Waals surface area (Å²) in [7, 11) is 0. The van der Waals surface area contributed by atoms with Gasteiger partial charge in [-0.1, -0.05) is 11.6 Å². The molecule has 0 aromatic heterocycles. The van der Waals surface area contributed by atoms with Crippen molar-refractivity contribution in [2.75, 3.05) is 23.9 Å². The summed E-state index contributed by atoms with van der Waals surface area (Å²) in [5.74, 6) is 0.268. The quantitative estimate of drug-likeness (QED) is 0.470. The van der Waals surface area contributed by atoms with Crippen LogP contribution in [0.1, 0.15) is 12.8 Å². The number of anilines is 1. The first-order valence-electron chi connectivity index (χ1n) is 5.42. The highest BCUT2D eigenvalue weighted by atomic mass is 35.5. The highest BCUT2D eigenvalue weighted by Gasteiger charge is 2.17. The van der Waals surface area contributed by atoms with E-state index in [-0.39, 0.29) is 16.4 Å². The molecular formula is C11H14ClFN2O2S. The number of halogens is 2. The maximum absolute atomic E-state index is 13.1. The lowest BCUT2D eigenvalue weighted by atomic mass is 10.2. The molecule has 0 fully saturated rings. The van der Waals surface area contributed by atoms with Gasteiger partial charge in [-0.05, 0) is 30.9 Å². The minimum atomic E-state index is -0.781. The van der Waals surface area contributed by atoms with Crippen molar-refractivity contribution in [3.05, 3.63) is 33.1 Å². The molecule has 0 saturated carbocycles. The predicted molar refractivity (Wildman–Crippen MR) is 74.2 cm³/mol. The fourth-order valence-electron chi connectivity index (χ4n) is 1.42. The van der Waals surface area contributed by atoms with Gasteiger partial charge in [0, 0.05) is 6.54 Å². The molecule has 7 heteroatoms. The summed E-state index contributed by atoms with van der Waals surface area (Å²) in [5, 5.41) is 13.6. The first kappa shape index (κ1) is 15.0. The van der Waals surface area contributed by atoms with E-state index in [0.29, 0.717) is 6.54 Å². The van der Waals surface area contributed by atoms with Crippen LogP contribution >= 0.6 is 23.4 Å². The minimum Gasteiger partial charge on any atom is -0.379 e. The Balaban J connectivity index is 2.68. The third kappa shape index (κ3) is 4.34. The second-order valence-corrected chi connectivity index (χ2v) is 5.06. The van der Waals surface area contributed by atoms with Crippen molar-refractivity contribution in [3.63, 3.8) is 0 Å². The van der Waals surface area contributed by atoms with E-state index >= 15 is 0 Å². The molecule has 0 aliphatic carbocycles. The van der Waals surface area contributed by atoms with Gasteiger partial charge in [0.05, 0.1) is 16.0 Å². The van der Waals surface area contributed by atoms with Crippen LogP contribution in [0, 0.1) is 15.9 Å². The number of thioether (sulfide) groups is 1. The second kappa shape index (κ2) is 7.43. The molecule has 0 aliphatic rings. The number of nitro groups is 1. The van der Waals surface area contributed by atoms with E-state index < -0.39 is 10.7 Å². The standard InChI is InChI=1S/C11H14ClFN2O2S/c1-18-5-3-2-4-14-10-6-8(12)9(13)7-11(10)15(16)17/h6-7,14H,2-5H2,1H3. The summed E-state index contributed by atoms with van der Waals surface area (Å²) in [6.45, 7) is 0.601. The van der Waals surface area contributed by atoms with Gasteiger partial charge in [-0.15, -0.1) is 0 Å². The Bertz CT molecular complexity index is 432. The highest BCUT2D eigenvalue weighted by molar-refractivity contribution is 7.98. The van der Waals surface area contributed by atoms with Crippen LogP contribution in [-0.2, 0) is 0 Å². The van der Waals surface area contributed by atoms with Crippen LogP contribution in [0.4, 0.5) is 15.8 Å². The fraction of sp³-hybridized carbons (Fsp3) is 0.455. The van der Waals surface area contributed by atoms with Crippen molar-refractivity contribution < 1.29 is 9.31 Å². The lowest BCUT2D eigenvalue weighted by molar-refractivity contribution is -0.384. The van der Waals surface area contributed by atoms with Crippen LogP contribution in [-0.4, -0.2) is 23.5 Å². The molecule has 18 heavy (non-hydrogen) atoms. The highest BCUT2D eigenvalue weighted by Crippen LogP contribution is 2.30. The largest absolute Gasteiger partial charge is 0.379 e. The van der Waals surface area contributed by atoms with Crippen molar-refractivity contribution >= 4 is 34.7 Å². The molecule has 0 radical (unpaired) electrons. The molecule has 0 heterocycles. The van der Waals surface area contributed by atoms with Crippen molar-refractivity contribution in [3.8, 4) is 0 Å². The summed E-state index contributed by atoms with van der Waals surface area (Å²) in [5.41, 5.74) is -0.0303. The van der Waals surface area contributed by atoms with Gasteiger partial charge in [0.15, 0.2) is 0 Å². The first-order chi connectivity index (χ1) is 8.56. The molecule has 0 spiro atoms. The van der Waals surface area contributed by atoms with Crippen molar-refractivity contribution in [1.29, 1.82) is 0 Å². The number of unbranched alkanes of at least 4 members (excludes halogenated alkanes) is 1. The van der Waals surface area contributed by atoms with Crippen molar-refractivity contribution in [2.45, 2.75) is 12.8 Å². The molecular weight excluding hydrogens is 279 g/mol. The van der Waals surface area contributed by atoms with E-state index in [9.17, 15) is 14.5 Å². The van der Waals surface area contributed by atoms with Crippen molar-refractivity contribution in [1.82, 2.24) is 0 Å². The zero-order valence-corrected chi connectivity index (χ0v) is 11.5. The maximum Gasteiger partial charge on any atom is 0.295 e. The van der Waals surface area contributed by atoms with Gasteiger partial charge < -0.3 is 5.32 Å². The number of nitrogens with one attached hydrogen (secondary N) is 1. The molecule has 0 unspecified atom stereocenters. The first-order valence-corrected chi connectivity index (χ1v) is 7.19. The van der Waals surface area contributed by atoms with Gasteiger partial charge in [0.25, 0.3) is 5.69 Å². The Morgan fingerprint density at radius 1 is 1.50 bits per heavy atom. The number of nitrogens with zero attached hydrogens (tertiary/aromatic N) is 1. The van der Waals surface area contributed by atoms with Crippen LogP contribution in [0.5, 0.6) is 0 Å². The van der Waals surface area contributed by atoms with Gasteiger partial charge in [-0.25, -0.2) is 4.39 Å². The normalized spacial score (nSPS) is 10.4. The fourth-order valence-corrected chi connectivity index (χ4v) is 2.08. The van der Waals surface area contributed by atoms with Gasteiger partial charge >= 0.3 is 0 Å². The van der Waals surface area contributed by atoms with Gasteiger partial charge in [-0.3, -0.25) is 10.1 Å². The van der Waals surface area contributed by atoms with Gasteiger partial charge in [0.2, 0.25) is 0 Å². The number of hydrogen-bond donors (Lipinski definition) is 1. The zero-order valence-electron chi connectivity index (χ0n) is 9.91. The molecule has 1 rings (SSSR count). The minimum absolute atomic E-state index is 0.118. The summed E-state index contributed by atoms with van der Waals surface area (Å²) in [4.78, 5) is 10.2. The summed E-state index contributed by atoms with van der Waals surface area (Å²) in [6, 6.07) is 2.09. The van der Waals surface area contributed by atoms with E-state index in [2.05, 4.69) is 5.32 Å². The molecule has 0 bridgehead atoms. The van der Waals surface area contributed by atoms with Crippen molar-refractivity contribution in [2.24, 2.45) is 0 Å². The van der Waals surface area contributed by atoms with Crippen LogP contribution < -0.4 is 5.32 Å². The molecule has 0 aliphatic heterocycles. The molecule has 4 nitrogen and oxygen atoms in total. The zero-order chi connectivity index (χ0) is 13.5. The topological polar surface area (TPSA) is 55.2 Å². The Hall–Kier alpha value is -1.01. The molecule has 0 saturated heterocycles. The lowest BCUT2D eigenvalue weighted by Crippen LogP contribution is -2.05. The Kier molecular flexibility index (Phi) is 6.21. The summed E-state index contributed by atoms with van der Waals surface area (Å²) < 4.78 is 13.1. The van der Waals surface area contributed by atoms with E-state index in [1.54, 1.807) is 11.8 Å². The molecule has 0 amide bonds. The molecule has 1 aromatic carbocycles. The van der Waals surface area contributed by atoms with Crippen LogP contribution in [0.15, 0.2) is 12.1 Å². The Morgan fingerprint density at radius 2 is 2.22 bits per heavy atom. The second-order valence-electron chi connectivity index (χ2n) is 3.67. The number of rotatable bonds is 7. The van der Waals surface area contributed by atoms with Crippen LogP contribution in [0.3, 0.4) is 0 Å². The number of benzene rings is 1. The van der Waals surface area contributed by atoms with Crippen LogP contribution in [0.25, 0.3) is 0 Å². The smallest absolute Gasteiger partial charge is 0.295 e. The van der Waals surface area contributed by atoms with E-state index in [1.165, 1.54) is 6.07 Å².